The van der Waals surface area contributed by atoms with Gasteiger partial charge in [-0.1, -0.05) is 6.92 Å². The number of nitrogens with zero attached hydrogens (tertiary/aromatic N) is 7. The van der Waals surface area contributed by atoms with Gasteiger partial charge in [0.2, 0.25) is 11.8 Å². The van der Waals surface area contributed by atoms with Crippen LogP contribution in [-0.4, -0.2) is 68.8 Å². The summed E-state index contributed by atoms with van der Waals surface area (Å²) in [5, 5.41) is 4.53. The van der Waals surface area contributed by atoms with Crippen LogP contribution < -0.4 is 9.64 Å². The van der Waals surface area contributed by atoms with E-state index in [1.807, 2.05) is 11.8 Å². The molecule has 1 aromatic carbocycles. The molecule has 0 bridgehead atoms. The summed E-state index contributed by atoms with van der Waals surface area (Å²) >= 11 is 0. The molecule has 1 aliphatic rings. The van der Waals surface area contributed by atoms with E-state index in [1.165, 1.54) is 12.4 Å². The van der Waals surface area contributed by atoms with Crippen LogP contribution in [0.2, 0.25) is 0 Å². The number of benzene rings is 1. The van der Waals surface area contributed by atoms with E-state index >= 15 is 0 Å². The molecule has 10 heteroatoms. The first-order valence-corrected chi connectivity index (χ1v) is 10.6. The minimum absolute atomic E-state index is 0.00800. The molecule has 1 aliphatic heterocycles. The maximum Gasteiger partial charge on any atom is 0.244 e. The van der Waals surface area contributed by atoms with Gasteiger partial charge in [-0.2, -0.15) is 5.10 Å². The van der Waals surface area contributed by atoms with Crippen LogP contribution in [0.15, 0.2) is 30.6 Å². The molecule has 0 aliphatic carbocycles. The number of amides is 1. The second kappa shape index (κ2) is 9.29. The van der Waals surface area contributed by atoms with Crippen LogP contribution in [0, 0.1) is 12.7 Å². The quantitative estimate of drug-likeness (QED) is 0.581. The third kappa shape index (κ3) is 4.53. The summed E-state index contributed by atoms with van der Waals surface area (Å²) in [6.45, 7) is 6.32. The van der Waals surface area contributed by atoms with Crippen molar-refractivity contribution < 1.29 is 13.9 Å². The van der Waals surface area contributed by atoms with Crippen molar-refractivity contribution in [2.24, 2.45) is 0 Å². The summed E-state index contributed by atoms with van der Waals surface area (Å²) in [7, 11) is 1.57. The fraction of sp³-hybridized carbons (Fsp3) is 0.409. The van der Waals surface area contributed by atoms with Crippen molar-refractivity contribution in [3.8, 4) is 17.3 Å². The standard InChI is InChI=1S/C22H26FN7O2/c1-4-18-26-22(16-5-6-17(23)15(2)11-16)27-30(18)13-21(31)29-9-7-28(8-10-29)19-12-20(32-3)25-14-24-19/h5-6,11-12,14H,4,7-10,13H2,1-3H3. The number of hydrogen-bond donors (Lipinski definition) is 0. The van der Waals surface area contributed by atoms with Crippen LogP contribution >= 0.6 is 0 Å². The number of aromatic nitrogens is 5. The largest absolute Gasteiger partial charge is 0.481 e. The Bertz CT molecular complexity index is 1110. The number of aryl methyl sites for hydroxylation is 2. The van der Waals surface area contributed by atoms with Crippen LogP contribution in [0.4, 0.5) is 10.2 Å². The first-order chi connectivity index (χ1) is 15.5. The number of anilines is 1. The molecule has 1 fully saturated rings. The van der Waals surface area contributed by atoms with Crippen LogP contribution in [0.3, 0.4) is 0 Å². The van der Waals surface area contributed by atoms with Crippen molar-refractivity contribution in [1.82, 2.24) is 29.6 Å². The number of carbonyl (C=O) groups excluding carboxylic acids is 1. The molecule has 0 spiro atoms. The lowest BCUT2D eigenvalue weighted by molar-refractivity contribution is -0.132. The molecule has 9 nitrogen and oxygen atoms in total. The summed E-state index contributed by atoms with van der Waals surface area (Å²) in [4.78, 5) is 29.8. The molecule has 0 radical (unpaired) electrons. The molecule has 32 heavy (non-hydrogen) atoms. The van der Waals surface area contributed by atoms with Crippen LogP contribution in [0.1, 0.15) is 18.3 Å². The van der Waals surface area contributed by atoms with Crippen molar-refractivity contribution in [2.45, 2.75) is 26.8 Å². The molecule has 0 unspecified atom stereocenters. The van der Waals surface area contributed by atoms with Gasteiger partial charge in [0.1, 0.15) is 30.3 Å². The predicted octanol–water partition coefficient (Wildman–Crippen LogP) is 2.10. The Morgan fingerprint density at radius 3 is 2.62 bits per heavy atom. The van der Waals surface area contributed by atoms with Gasteiger partial charge < -0.3 is 14.5 Å². The smallest absolute Gasteiger partial charge is 0.244 e. The highest BCUT2D eigenvalue weighted by molar-refractivity contribution is 5.76. The Morgan fingerprint density at radius 1 is 1.16 bits per heavy atom. The zero-order valence-corrected chi connectivity index (χ0v) is 18.5. The van der Waals surface area contributed by atoms with E-state index in [4.69, 9.17) is 4.74 Å². The molecule has 2 aromatic heterocycles. The number of halogens is 1. The van der Waals surface area contributed by atoms with Crippen LogP contribution in [0.5, 0.6) is 5.88 Å². The fourth-order valence-corrected chi connectivity index (χ4v) is 3.70. The molecular weight excluding hydrogens is 413 g/mol. The van der Waals surface area contributed by atoms with E-state index in [9.17, 15) is 9.18 Å². The summed E-state index contributed by atoms with van der Waals surface area (Å²) in [6, 6.07) is 6.58. The summed E-state index contributed by atoms with van der Waals surface area (Å²) in [6.07, 6.45) is 2.12. The Hall–Kier alpha value is -3.56. The van der Waals surface area contributed by atoms with Crippen molar-refractivity contribution in [1.29, 1.82) is 0 Å². The third-order valence-corrected chi connectivity index (χ3v) is 5.56. The van der Waals surface area contributed by atoms with Gasteiger partial charge in [-0.25, -0.2) is 24.0 Å². The lowest BCUT2D eigenvalue weighted by Gasteiger charge is -2.35. The number of rotatable bonds is 6. The highest BCUT2D eigenvalue weighted by Crippen LogP contribution is 2.20. The van der Waals surface area contributed by atoms with E-state index in [0.29, 0.717) is 49.9 Å². The first-order valence-electron chi connectivity index (χ1n) is 10.6. The fourth-order valence-electron chi connectivity index (χ4n) is 3.70. The maximum atomic E-state index is 13.6. The second-order valence-corrected chi connectivity index (χ2v) is 7.61. The average molecular weight is 439 g/mol. The molecule has 4 rings (SSSR count). The van der Waals surface area contributed by atoms with E-state index in [0.717, 1.165) is 17.2 Å². The molecule has 0 N–H and O–H groups in total. The van der Waals surface area contributed by atoms with Crippen molar-refractivity contribution in [2.75, 3.05) is 38.2 Å². The van der Waals surface area contributed by atoms with Gasteiger partial charge >= 0.3 is 0 Å². The van der Waals surface area contributed by atoms with E-state index in [-0.39, 0.29) is 18.3 Å². The molecule has 0 saturated carbocycles. The summed E-state index contributed by atoms with van der Waals surface area (Å²) < 4.78 is 20.4. The van der Waals surface area contributed by atoms with E-state index < -0.39 is 0 Å². The van der Waals surface area contributed by atoms with Gasteiger partial charge in [0.25, 0.3) is 0 Å². The monoisotopic (exact) mass is 439 g/mol. The van der Waals surface area contributed by atoms with Crippen molar-refractivity contribution >= 4 is 11.7 Å². The van der Waals surface area contributed by atoms with Gasteiger partial charge in [-0.3, -0.25) is 4.79 Å². The van der Waals surface area contributed by atoms with Crippen LogP contribution in [0.25, 0.3) is 11.4 Å². The third-order valence-electron chi connectivity index (χ3n) is 5.56. The number of ether oxygens (including phenoxy) is 1. The van der Waals surface area contributed by atoms with E-state index in [2.05, 4.69) is 25.0 Å². The minimum atomic E-state index is -0.265. The predicted molar refractivity (Wildman–Crippen MR) is 117 cm³/mol. The second-order valence-electron chi connectivity index (χ2n) is 7.61. The normalized spacial score (nSPS) is 14.0. The zero-order valence-electron chi connectivity index (χ0n) is 18.5. The van der Waals surface area contributed by atoms with Gasteiger partial charge in [0, 0.05) is 44.2 Å². The maximum absolute atomic E-state index is 13.6. The van der Waals surface area contributed by atoms with Crippen LogP contribution in [-0.2, 0) is 17.8 Å². The molecule has 1 amide bonds. The lowest BCUT2D eigenvalue weighted by atomic mass is 10.1. The first kappa shape index (κ1) is 21.7. The van der Waals surface area contributed by atoms with Crippen molar-refractivity contribution in [3.05, 3.63) is 47.8 Å². The molecule has 168 valence electrons. The number of carbonyl (C=O) groups is 1. The molecule has 3 heterocycles. The Labute approximate surface area is 185 Å². The number of piperazine rings is 1. The minimum Gasteiger partial charge on any atom is -0.481 e. The highest BCUT2D eigenvalue weighted by Gasteiger charge is 2.24. The molecule has 0 atom stereocenters. The molecule has 1 saturated heterocycles. The van der Waals surface area contributed by atoms with Gasteiger partial charge in [0.05, 0.1) is 7.11 Å². The Kier molecular flexibility index (Phi) is 6.29. The Balaban J connectivity index is 1.42. The van der Waals surface area contributed by atoms with Gasteiger partial charge in [-0.15, -0.1) is 0 Å². The summed E-state index contributed by atoms with van der Waals surface area (Å²) in [5.41, 5.74) is 1.27. The van der Waals surface area contributed by atoms with E-state index in [1.54, 1.807) is 36.9 Å². The van der Waals surface area contributed by atoms with Gasteiger partial charge in [-0.05, 0) is 30.7 Å². The highest BCUT2D eigenvalue weighted by atomic mass is 19.1. The molecular formula is C22H26FN7O2. The summed E-state index contributed by atoms with van der Waals surface area (Å²) in [5.74, 6) is 2.25. The zero-order chi connectivity index (χ0) is 22.7. The number of hydrogen-bond acceptors (Lipinski definition) is 7. The average Bonchev–Trinajstić information content (AvgIpc) is 3.23. The lowest BCUT2D eigenvalue weighted by Crippen LogP contribution is -2.50. The van der Waals surface area contributed by atoms with Crippen molar-refractivity contribution in [3.63, 3.8) is 0 Å². The van der Waals surface area contributed by atoms with Gasteiger partial charge in [0.15, 0.2) is 5.82 Å². The number of methoxy groups -OCH3 is 1. The topological polar surface area (TPSA) is 89.3 Å². The SMILES string of the molecule is CCc1nc(-c2ccc(F)c(C)c2)nn1CC(=O)N1CCN(c2cc(OC)ncn2)CC1. The Morgan fingerprint density at radius 2 is 1.94 bits per heavy atom. The molecule has 3 aromatic rings.